The van der Waals surface area contributed by atoms with E-state index in [1.165, 1.54) is 25.7 Å². The van der Waals surface area contributed by atoms with E-state index in [1.54, 1.807) is 0 Å². The molecule has 1 aliphatic carbocycles. The van der Waals surface area contributed by atoms with Gasteiger partial charge in [-0.25, -0.2) is 0 Å². The minimum absolute atomic E-state index is 0.431. The van der Waals surface area contributed by atoms with Gasteiger partial charge in [-0.05, 0) is 32.1 Å². The summed E-state index contributed by atoms with van der Waals surface area (Å²) >= 11 is 0. The van der Waals surface area contributed by atoms with Gasteiger partial charge >= 0.3 is 0 Å². The molecule has 0 radical (unpaired) electrons. The van der Waals surface area contributed by atoms with Crippen LogP contribution in [0.25, 0.3) is 0 Å². The van der Waals surface area contributed by atoms with Crippen LogP contribution in [0.5, 0.6) is 0 Å². The molecule has 0 aromatic carbocycles. The highest BCUT2D eigenvalue weighted by atomic mass is 16.5. The second-order valence-electron chi connectivity index (χ2n) is 5.01. The molecule has 2 N–H and O–H groups in total. The fourth-order valence-corrected chi connectivity index (χ4v) is 2.59. The quantitative estimate of drug-likeness (QED) is 0.833. The highest BCUT2D eigenvalue weighted by Gasteiger charge is 2.29. The maximum absolute atomic E-state index is 5.70. The molecule has 2 heterocycles. The Hall–Kier alpha value is -0.940. The van der Waals surface area contributed by atoms with Crippen molar-refractivity contribution in [3.05, 3.63) is 11.6 Å². The van der Waals surface area contributed by atoms with E-state index >= 15 is 0 Å². The average molecular weight is 236 g/mol. The topological polar surface area (TPSA) is 66.0 Å². The van der Waals surface area contributed by atoms with E-state index in [0.29, 0.717) is 18.7 Å². The van der Waals surface area contributed by atoms with E-state index in [4.69, 9.17) is 10.5 Å². The zero-order valence-electron chi connectivity index (χ0n) is 10.1. The molecule has 1 unspecified atom stereocenters. The highest BCUT2D eigenvalue weighted by molar-refractivity contribution is 5.03. The number of nitrogens with zero attached hydrogens (tertiary/aromatic N) is 3. The molecule has 1 saturated carbocycles. The summed E-state index contributed by atoms with van der Waals surface area (Å²) in [5.74, 6) is 2.04. The molecule has 3 rings (SSSR count). The molecule has 2 aliphatic rings. The molecule has 94 valence electrons. The van der Waals surface area contributed by atoms with Gasteiger partial charge in [-0.1, -0.05) is 0 Å². The van der Waals surface area contributed by atoms with E-state index in [2.05, 4.69) is 14.8 Å². The molecule has 0 amide bonds. The highest BCUT2D eigenvalue weighted by Crippen LogP contribution is 2.36. The van der Waals surface area contributed by atoms with Gasteiger partial charge in [0.05, 0.1) is 12.6 Å². The van der Waals surface area contributed by atoms with E-state index in [9.17, 15) is 0 Å². The Morgan fingerprint density at radius 1 is 1.24 bits per heavy atom. The molecule has 0 bridgehead atoms. The predicted octanol–water partition coefficient (Wildman–Crippen LogP) is 1.18. The Morgan fingerprint density at radius 2 is 2.06 bits per heavy atom. The van der Waals surface area contributed by atoms with E-state index < -0.39 is 0 Å². The van der Waals surface area contributed by atoms with E-state index in [0.717, 1.165) is 31.1 Å². The first-order chi connectivity index (χ1) is 8.38. The zero-order valence-corrected chi connectivity index (χ0v) is 10.1. The minimum atomic E-state index is 0.431. The largest absolute Gasteiger partial charge is 0.378 e. The zero-order chi connectivity index (χ0) is 11.7. The Bertz CT molecular complexity index is 380. The van der Waals surface area contributed by atoms with Gasteiger partial charge in [0.25, 0.3) is 0 Å². The lowest BCUT2D eigenvalue weighted by molar-refractivity contribution is 0.104. The summed E-state index contributed by atoms with van der Waals surface area (Å²) in [7, 11) is 0. The van der Waals surface area contributed by atoms with Gasteiger partial charge in [-0.3, -0.25) is 0 Å². The smallest absolute Gasteiger partial charge is 0.147 e. The molecule has 1 aromatic heterocycles. The molecule has 0 spiro atoms. The summed E-state index contributed by atoms with van der Waals surface area (Å²) in [6.07, 6.45) is 7.36. The molecule has 1 saturated heterocycles. The molecule has 1 aliphatic heterocycles. The third kappa shape index (κ3) is 2.35. The Morgan fingerprint density at radius 3 is 2.71 bits per heavy atom. The molecule has 17 heavy (non-hydrogen) atoms. The summed E-state index contributed by atoms with van der Waals surface area (Å²) < 4.78 is 7.90. The van der Waals surface area contributed by atoms with Crippen LogP contribution in [0.1, 0.15) is 49.8 Å². The van der Waals surface area contributed by atoms with Crippen LogP contribution in [-0.2, 0) is 17.7 Å². The first-order valence-electron chi connectivity index (χ1n) is 6.63. The van der Waals surface area contributed by atoms with Crippen LogP contribution < -0.4 is 5.73 Å². The van der Waals surface area contributed by atoms with Crippen LogP contribution in [0.15, 0.2) is 0 Å². The summed E-state index contributed by atoms with van der Waals surface area (Å²) in [6.45, 7) is 1.41. The van der Waals surface area contributed by atoms with Gasteiger partial charge in [0.15, 0.2) is 0 Å². The monoisotopic (exact) mass is 236 g/mol. The van der Waals surface area contributed by atoms with Gasteiger partial charge in [-0.2, -0.15) is 0 Å². The van der Waals surface area contributed by atoms with Crippen LogP contribution in [0, 0.1) is 0 Å². The lowest BCUT2D eigenvalue weighted by Crippen LogP contribution is -2.12. The number of ether oxygens (including phenoxy) is 1. The predicted molar refractivity (Wildman–Crippen MR) is 63.5 cm³/mol. The van der Waals surface area contributed by atoms with Crippen molar-refractivity contribution < 1.29 is 4.74 Å². The number of nitrogens with two attached hydrogens (primary N) is 1. The van der Waals surface area contributed by atoms with Crippen molar-refractivity contribution in [1.29, 1.82) is 0 Å². The van der Waals surface area contributed by atoms with Gasteiger partial charge < -0.3 is 15.0 Å². The van der Waals surface area contributed by atoms with Crippen molar-refractivity contribution in [2.75, 3.05) is 6.61 Å². The summed E-state index contributed by atoms with van der Waals surface area (Å²) in [6, 6.07) is 0.614. The Balaban J connectivity index is 1.66. The molecule has 2 fully saturated rings. The number of rotatable bonds is 5. The Kier molecular flexibility index (Phi) is 3.11. The van der Waals surface area contributed by atoms with Crippen molar-refractivity contribution in [3.63, 3.8) is 0 Å². The fraction of sp³-hybridized carbons (Fsp3) is 0.833. The van der Waals surface area contributed by atoms with Crippen molar-refractivity contribution in [3.8, 4) is 0 Å². The van der Waals surface area contributed by atoms with Crippen molar-refractivity contribution in [2.24, 2.45) is 5.73 Å². The SMILES string of the molecule is NCc1nnc(CCC2CCCO2)n1C1CC1. The number of aryl methyl sites for hydroxylation is 1. The van der Waals surface area contributed by atoms with Crippen molar-refractivity contribution >= 4 is 0 Å². The average Bonchev–Trinajstić information content (AvgIpc) is 2.92. The summed E-state index contributed by atoms with van der Waals surface area (Å²) in [5, 5.41) is 8.47. The molecule has 1 atom stereocenters. The van der Waals surface area contributed by atoms with E-state index in [1.807, 2.05) is 0 Å². The second-order valence-corrected chi connectivity index (χ2v) is 5.01. The normalized spacial score (nSPS) is 24.4. The maximum Gasteiger partial charge on any atom is 0.147 e. The molecular formula is C12H20N4O. The van der Waals surface area contributed by atoms with Gasteiger partial charge in [0.2, 0.25) is 0 Å². The minimum Gasteiger partial charge on any atom is -0.378 e. The summed E-state index contributed by atoms with van der Waals surface area (Å²) in [4.78, 5) is 0. The third-order valence-corrected chi connectivity index (χ3v) is 3.65. The lowest BCUT2D eigenvalue weighted by Gasteiger charge is -2.10. The molecular weight excluding hydrogens is 216 g/mol. The summed E-state index contributed by atoms with van der Waals surface area (Å²) in [5.41, 5.74) is 5.70. The van der Waals surface area contributed by atoms with E-state index in [-0.39, 0.29) is 0 Å². The lowest BCUT2D eigenvalue weighted by atomic mass is 10.1. The molecule has 1 aromatic rings. The number of hydrogen-bond donors (Lipinski definition) is 1. The van der Waals surface area contributed by atoms with Gasteiger partial charge in [0.1, 0.15) is 11.6 Å². The first-order valence-corrected chi connectivity index (χ1v) is 6.63. The van der Waals surface area contributed by atoms with Gasteiger partial charge in [0, 0.05) is 19.1 Å². The maximum atomic E-state index is 5.70. The van der Waals surface area contributed by atoms with Crippen molar-refractivity contribution in [2.45, 2.75) is 57.2 Å². The molecule has 5 heteroatoms. The number of hydrogen-bond acceptors (Lipinski definition) is 4. The molecule has 5 nitrogen and oxygen atoms in total. The van der Waals surface area contributed by atoms with Gasteiger partial charge in [-0.15, -0.1) is 10.2 Å². The second kappa shape index (κ2) is 4.74. The third-order valence-electron chi connectivity index (χ3n) is 3.65. The van der Waals surface area contributed by atoms with Crippen LogP contribution in [-0.4, -0.2) is 27.5 Å². The fourth-order valence-electron chi connectivity index (χ4n) is 2.59. The first kappa shape index (κ1) is 11.2. The van der Waals surface area contributed by atoms with Crippen LogP contribution in [0.4, 0.5) is 0 Å². The van der Waals surface area contributed by atoms with Crippen LogP contribution in [0.3, 0.4) is 0 Å². The number of aromatic nitrogens is 3. The van der Waals surface area contributed by atoms with Crippen molar-refractivity contribution in [1.82, 2.24) is 14.8 Å². The standard InChI is InChI=1S/C12H20N4O/c13-8-12-15-14-11(16(12)9-3-4-9)6-5-10-2-1-7-17-10/h9-10H,1-8,13H2. The van der Waals surface area contributed by atoms with Crippen LogP contribution in [0.2, 0.25) is 0 Å². The Labute approximate surface area is 101 Å². The van der Waals surface area contributed by atoms with Crippen LogP contribution >= 0.6 is 0 Å².